The normalized spacial score (nSPS) is 20.6. The van der Waals surface area contributed by atoms with E-state index in [1.165, 1.54) is 0 Å². The summed E-state index contributed by atoms with van der Waals surface area (Å²) >= 11 is 0. The van der Waals surface area contributed by atoms with Crippen molar-refractivity contribution in [1.82, 2.24) is 20.4 Å². The summed E-state index contributed by atoms with van der Waals surface area (Å²) < 4.78 is 10.6. The first kappa shape index (κ1) is 17.5. The molecule has 2 saturated heterocycles. The van der Waals surface area contributed by atoms with Crippen LogP contribution in [0.5, 0.6) is 5.75 Å². The molecule has 1 aromatic heterocycles. The second-order valence-corrected chi connectivity index (χ2v) is 6.99. The van der Waals surface area contributed by atoms with Crippen LogP contribution in [0.15, 0.2) is 28.8 Å². The number of nitrogens with zero attached hydrogens (tertiary/aromatic N) is 3. The first-order valence-corrected chi connectivity index (χ1v) is 9.17. The number of amides is 2. The van der Waals surface area contributed by atoms with Gasteiger partial charge in [-0.2, -0.15) is 4.98 Å². The summed E-state index contributed by atoms with van der Waals surface area (Å²) in [6.45, 7) is 1.75. The number of hydrogen-bond donors (Lipinski definition) is 1. The molecule has 0 aliphatic carbocycles. The number of ether oxygens (including phenoxy) is 1. The van der Waals surface area contributed by atoms with Gasteiger partial charge in [0.1, 0.15) is 5.75 Å². The Bertz CT molecular complexity index is 824. The number of carbonyl (C=O) groups is 2. The summed E-state index contributed by atoms with van der Waals surface area (Å²) in [7, 11) is 1.62. The molecule has 27 heavy (non-hydrogen) atoms. The van der Waals surface area contributed by atoms with E-state index in [1.807, 2.05) is 29.2 Å². The summed E-state index contributed by atoms with van der Waals surface area (Å²) in [5, 5.41) is 6.81. The maximum Gasteiger partial charge on any atom is 0.230 e. The van der Waals surface area contributed by atoms with Crippen LogP contribution in [-0.4, -0.2) is 53.6 Å². The van der Waals surface area contributed by atoms with Crippen molar-refractivity contribution in [2.24, 2.45) is 5.92 Å². The largest absolute Gasteiger partial charge is 0.497 e. The van der Waals surface area contributed by atoms with Crippen LogP contribution in [0.4, 0.5) is 0 Å². The topological polar surface area (TPSA) is 97.6 Å². The smallest absolute Gasteiger partial charge is 0.230 e. The lowest BCUT2D eigenvalue weighted by atomic mass is 9.95. The van der Waals surface area contributed by atoms with Gasteiger partial charge in [-0.15, -0.1) is 0 Å². The fourth-order valence-electron chi connectivity index (χ4n) is 3.64. The zero-order chi connectivity index (χ0) is 18.8. The van der Waals surface area contributed by atoms with E-state index in [0.717, 1.165) is 24.2 Å². The molecule has 1 aromatic carbocycles. The standard InChI is InChI=1S/C19H22N4O4/c1-26-15-4-2-12(3-5-15)17-21-18(27-22-17)13-6-8-23(9-7-13)19(25)14-10-16(24)20-11-14/h2-5,13-14H,6-11H2,1H3,(H,20,24). The zero-order valence-electron chi connectivity index (χ0n) is 15.2. The fraction of sp³-hybridized carbons (Fsp3) is 0.474. The van der Waals surface area contributed by atoms with Crippen LogP contribution in [0.25, 0.3) is 11.4 Å². The number of methoxy groups -OCH3 is 1. The Labute approximate surface area is 156 Å². The molecular formula is C19H22N4O4. The first-order chi connectivity index (χ1) is 13.1. The van der Waals surface area contributed by atoms with Crippen molar-refractivity contribution in [3.8, 4) is 17.1 Å². The van der Waals surface area contributed by atoms with E-state index in [1.54, 1.807) is 7.11 Å². The Morgan fingerprint density at radius 3 is 2.63 bits per heavy atom. The highest BCUT2D eigenvalue weighted by atomic mass is 16.5. The van der Waals surface area contributed by atoms with E-state index in [9.17, 15) is 9.59 Å². The summed E-state index contributed by atoms with van der Waals surface area (Å²) in [6.07, 6.45) is 1.86. The Morgan fingerprint density at radius 1 is 1.26 bits per heavy atom. The molecule has 1 atom stereocenters. The number of carbonyl (C=O) groups excluding carboxylic acids is 2. The van der Waals surface area contributed by atoms with E-state index in [4.69, 9.17) is 9.26 Å². The highest BCUT2D eigenvalue weighted by Gasteiger charge is 2.34. The molecule has 1 N–H and O–H groups in total. The molecule has 2 aliphatic rings. The van der Waals surface area contributed by atoms with Crippen LogP contribution in [-0.2, 0) is 9.59 Å². The highest BCUT2D eigenvalue weighted by Crippen LogP contribution is 2.30. The van der Waals surface area contributed by atoms with Crippen molar-refractivity contribution < 1.29 is 18.8 Å². The van der Waals surface area contributed by atoms with E-state index in [2.05, 4.69) is 15.5 Å². The number of aromatic nitrogens is 2. The van der Waals surface area contributed by atoms with Crippen molar-refractivity contribution in [1.29, 1.82) is 0 Å². The minimum absolute atomic E-state index is 0.0415. The maximum atomic E-state index is 12.5. The predicted octanol–water partition coefficient (Wildman–Crippen LogP) is 1.59. The number of nitrogens with one attached hydrogen (secondary N) is 1. The summed E-state index contributed by atoms with van der Waals surface area (Å²) in [4.78, 5) is 30.2. The molecular weight excluding hydrogens is 348 g/mol. The third kappa shape index (κ3) is 3.65. The lowest BCUT2D eigenvalue weighted by Gasteiger charge is -2.31. The van der Waals surface area contributed by atoms with Gasteiger partial charge < -0.3 is 19.5 Å². The Kier molecular flexibility index (Phi) is 4.79. The van der Waals surface area contributed by atoms with Gasteiger partial charge in [-0.25, -0.2) is 0 Å². The number of likely N-dealkylation sites (tertiary alicyclic amines) is 1. The fourth-order valence-corrected chi connectivity index (χ4v) is 3.64. The minimum atomic E-state index is -0.223. The Balaban J connectivity index is 1.36. The number of hydrogen-bond acceptors (Lipinski definition) is 6. The molecule has 4 rings (SSSR count). The minimum Gasteiger partial charge on any atom is -0.497 e. The van der Waals surface area contributed by atoms with Crippen LogP contribution in [0, 0.1) is 5.92 Å². The molecule has 3 heterocycles. The molecule has 8 heteroatoms. The van der Waals surface area contributed by atoms with E-state index < -0.39 is 0 Å². The quantitative estimate of drug-likeness (QED) is 0.878. The van der Waals surface area contributed by atoms with E-state index in [0.29, 0.717) is 37.8 Å². The van der Waals surface area contributed by atoms with Gasteiger partial charge in [0.25, 0.3) is 0 Å². The molecule has 1 unspecified atom stereocenters. The average Bonchev–Trinajstić information content (AvgIpc) is 3.37. The van der Waals surface area contributed by atoms with Crippen molar-refractivity contribution >= 4 is 11.8 Å². The molecule has 0 saturated carbocycles. The maximum absolute atomic E-state index is 12.5. The van der Waals surface area contributed by atoms with Crippen LogP contribution in [0.2, 0.25) is 0 Å². The lowest BCUT2D eigenvalue weighted by molar-refractivity contribution is -0.136. The van der Waals surface area contributed by atoms with E-state index in [-0.39, 0.29) is 23.7 Å². The first-order valence-electron chi connectivity index (χ1n) is 9.17. The number of rotatable bonds is 4. The Hall–Kier alpha value is -2.90. The number of benzene rings is 1. The van der Waals surface area contributed by atoms with Gasteiger partial charge in [-0.1, -0.05) is 5.16 Å². The predicted molar refractivity (Wildman–Crippen MR) is 96.0 cm³/mol. The van der Waals surface area contributed by atoms with Crippen molar-refractivity contribution in [2.45, 2.75) is 25.2 Å². The Morgan fingerprint density at radius 2 is 2.00 bits per heavy atom. The second kappa shape index (κ2) is 7.38. The van der Waals surface area contributed by atoms with Gasteiger partial charge in [0.05, 0.1) is 13.0 Å². The van der Waals surface area contributed by atoms with Crippen LogP contribution in [0.1, 0.15) is 31.1 Å². The molecule has 2 aliphatic heterocycles. The van der Waals surface area contributed by atoms with Crippen LogP contribution in [0.3, 0.4) is 0 Å². The molecule has 8 nitrogen and oxygen atoms in total. The second-order valence-electron chi connectivity index (χ2n) is 6.99. The molecule has 0 spiro atoms. The van der Waals surface area contributed by atoms with Crippen LogP contribution >= 0.6 is 0 Å². The van der Waals surface area contributed by atoms with Crippen LogP contribution < -0.4 is 10.1 Å². The molecule has 0 bridgehead atoms. The van der Waals surface area contributed by atoms with Gasteiger partial charge in [0.15, 0.2) is 0 Å². The van der Waals surface area contributed by atoms with Gasteiger partial charge in [-0.05, 0) is 37.1 Å². The zero-order valence-corrected chi connectivity index (χ0v) is 15.2. The highest BCUT2D eigenvalue weighted by molar-refractivity contribution is 5.89. The SMILES string of the molecule is COc1ccc(-c2noc(C3CCN(C(=O)C4CNC(=O)C4)CC3)n2)cc1. The third-order valence-electron chi connectivity index (χ3n) is 5.27. The van der Waals surface area contributed by atoms with Gasteiger partial charge in [0.2, 0.25) is 23.5 Å². The number of piperidine rings is 1. The monoisotopic (exact) mass is 370 g/mol. The summed E-state index contributed by atoms with van der Waals surface area (Å²) in [6, 6.07) is 7.51. The van der Waals surface area contributed by atoms with Crippen molar-refractivity contribution in [3.05, 3.63) is 30.2 Å². The van der Waals surface area contributed by atoms with Crippen molar-refractivity contribution in [3.63, 3.8) is 0 Å². The molecule has 2 aromatic rings. The third-order valence-corrected chi connectivity index (χ3v) is 5.27. The molecule has 2 amide bonds. The average molecular weight is 370 g/mol. The lowest BCUT2D eigenvalue weighted by Crippen LogP contribution is -2.42. The van der Waals surface area contributed by atoms with Gasteiger partial charge in [-0.3, -0.25) is 9.59 Å². The summed E-state index contributed by atoms with van der Waals surface area (Å²) in [5.41, 5.74) is 0.872. The molecule has 2 fully saturated rings. The van der Waals surface area contributed by atoms with Gasteiger partial charge >= 0.3 is 0 Å². The molecule has 0 radical (unpaired) electrons. The van der Waals surface area contributed by atoms with Crippen molar-refractivity contribution in [2.75, 3.05) is 26.7 Å². The van der Waals surface area contributed by atoms with Gasteiger partial charge in [0, 0.05) is 37.5 Å². The molecule has 142 valence electrons. The van der Waals surface area contributed by atoms with E-state index >= 15 is 0 Å². The summed E-state index contributed by atoms with van der Waals surface area (Å²) in [5.74, 6) is 1.90.